The number of halogens is 2. The van der Waals surface area contributed by atoms with Crippen molar-refractivity contribution in [2.75, 3.05) is 13.1 Å². The first-order valence-corrected chi connectivity index (χ1v) is 7.92. The molecule has 2 fully saturated rings. The maximum atomic E-state index is 12.8. The van der Waals surface area contributed by atoms with E-state index in [-0.39, 0.29) is 37.6 Å². The van der Waals surface area contributed by atoms with Crippen LogP contribution in [0.3, 0.4) is 0 Å². The van der Waals surface area contributed by atoms with Crippen molar-refractivity contribution in [1.82, 2.24) is 15.0 Å². The van der Waals surface area contributed by atoms with Crippen LogP contribution in [0.2, 0.25) is 0 Å². The summed E-state index contributed by atoms with van der Waals surface area (Å²) in [5, 5.41) is 14.5. The highest BCUT2D eigenvalue weighted by molar-refractivity contribution is 5.73. The second-order valence-electron chi connectivity index (χ2n) is 6.88. The van der Waals surface area contributed by atoms with Gasteiger partial charge in [0.05, 0.1) is 12.0 Å². The fraction of sp³-hybridized carbons (Fsp3) is 0.800. The average molecular weight is 329 g/mol. The number of nitrogens with zero attached hydrogens (tertiary/aromatic N) is 3. The van der Waals surface area contributed by atoms with E-state index < -0.39 is 11.5 Å². The van der Waals surface area contributed by atoms with E-state index in [0.29, 0.717) is 37.5 Å². The number of carbonyl (C=O) groups excluding carboxylic acids is 1. The minimum atomic E-state index is -2.55. The lowest BCUT2D eigenvalue weighted by Crippen LogP contribution is -2.51. The van der Waals surface area contributed by atoms with Gasteiger partial charge < -0.3 is 14.5 Å². The largest absolute Gasteiger partial charge is 0.388 e. The molecule has 1 aliphatic carbocycles. The van der Waals surface area contributed by atoms with E-state index in [9.17, 15) is 18.7 Å². The quantitative estimate of drug-likeness (QED) is 0.907. The molecule has 2 heterocycles. The normalized spacial score (nSPS) is 27.7. The third kappa shape index (κ3) is 3.85. The molecule has 1 saturated carbocycles. The van der Waals surface area contributed by atoms with E-state index in [2.05, 4.69) is 10.1 Å². The monoisotopic (exact) mass is 329 g/mol. The number of hydrogen-bond donors (Lipinski definition) is 1. The van der Waals surface area contributed by atoms with E-state index in [0.717, 1.165) is 0 Å². The first kappa shape index (κ1) is 16.3. The number of rotatable bonds is 4. The minimum absolute atomic E-state index is 0.0692. The van der Waals surface area contributed by atoms with E-state index in [1.165, 1.54) is 6.92 Å². The zero-order valence-corrected chi connectivity index (χ0v) is 13.1. The zero-order chi connectivity index (χ0) is 16.7. The van der Waals surface area contributed by atoms with Crippen LogP contribution in [0.15, 0.2) is 4.52 Å². The molecule has 6 nitrogen and oxygen atoms in total. The Hall–Kier alpha value is -1.57. The highest BCUT2D eigenvalue weighted by atomic mass is 19.3. The molecule has 1 saturated heterocycles. The van der Waals surface area contributed by atoms with E-state index in [4.69, 9.17) is 4.52 Å². The summed E-state index contributed by atoms with van der Waals surface area (Å²) in [5.74, 6) is -2.03. The molecule has 23 heavy (non-hydrogen) atoms. The first-order valence-electron chi connectivity index (χ1n) is 7.92. The van der Waals surface area contributed by atoms with Crippen molar-refractivity contribution >= 4 is 5.91 Å². The number of hydrogen-bond acceptors (Lipinski definition) is 5. The molecule has 8 heteroatoms. The van der Waals surface area contributed by atoms with Crippen LogP contribution in [0, 0.1) is 5.92 Å². The van der Waals surface area contributed by atoms with Crippen LogP contribution in [-0.2, 0) is 17.6 Å². The van der Waals surface area contributed by atoms with Crippen LogP contribution in [0.1, 0.15) is 44.3 Å². The van der Waals surface area contributed by atoms with Gasteiger partial charge in [0.2, 0.25) is 17.7 Å². The summed E-state index contributed by atoms with van der Waals surface area (Å²) in [4.78, 5) is 17.3. The molecule has 0 radical (unpaired) electrons. The third-order valence-corrected chi connectivity index (χ3v) is 4.64. The fourth-order valence-electron chi connectivity index (χ4n) is 3.44. The van der Waals surface area contributed by atoms with Gasteiger partial charge >= 0.3 is 0 Å². The predicted molar refractivity (Wildman–Crippen MR) is 75.8 cm³/mol. The first-order chi connectivity index (χ1) is 10.7. The molecule has 0 aromatic carbocycles. The van der Waals surface area contributed by atoms with Gasteiger partial charge in [0, 0.05) is 39.3 Å². The predicted octanol–water partition coefficient (Wildman–Crippen LogP) is 1.57. The zero-order valence-electron chi connectivity index (χ0n) is 13.1. The summed E-state index contributed by atoms with van der Waals surface area (Å²) in [6.07, 6.45) is 1.56. The van der Waals surface area contributed by atoms with Crippen molar-refractivity contribution < 1.29 is 23.2 Å². The second kappa shape index (κ2) is 5.81. The van der Waals surface area contributed by atoms with Gasteiger partial charge in [-0.05, 0) is 18.8 Å². The molecular weight excluding hydrogens is 308 g/mol. The number of carbonyl (C=O) groups is 1. The molecule has 128 valence electrons. The minimum Gasteiger partial charge on any atom is -0.388 e. The lowest BCUT2D eigenvalue weighted by molar-refractivity contribution is -0.136. The number of piperidine rings is 1. The van der Waals surface area contributed by atoms with Crippen LogP contribution < -0.4 is 0 Å². The van der Waals surface area contributed by atoms with E-state index in [1.807, 2.05) is 0 Å². The van der Waals surface area contributed by atoms with Crippen molar-refractivity contribution in [2.24, 2.45) is 5.92 Å². The number of amides is 1. The van der Waals surface area contributed by atoms with Crippen molar-refractivity contribution in [3.63, 3.8) is 0 Å². The molecule has 1 atom stereocenters. The summed E-state index contributed by atoms with van der Waals surface area (Å²) in [5.41, 5.74) is -1.07. The highest BCUT2D eigenvalue weighted by Gasteiger charge is 2.45. The van der Waals surface area contributed by atoms with Crippen LogP contribution in [0.25, 0.3) is 0 Å². The second-order valence-corrected chi connectivity index (χ2v) is 6.88. The summed E-state index contributed by atoms with van der Waals surface area (Å²) < 4.78 is 30.8. The third-order valence-electron chi connectivity index (χ3n) is 4.64. The number of alkyl halides is 2. The number of β-amino-alcohol motifs (C(OH)–C–C–N with tert-alkyl or cyclic N) is 1. The van der Waals surface area contributed by atoms with Crippen molar-refractivity contribution in [1.29, 1.82) is 0 Å². The van der Waals surface area contributed by atoms with Crippen molar-refractivity contribution in [3.05, 3.63) is 11.7 Å². The lowest BCUT2D eigenvalue weighted by Gasteiger charge is -2.38. The smallest absolute Gasteiger partial charge is 0.248 e. The summed E-state index contributed by atoms with van der Waals surface area (Å²) in [7, 11) is 0. The molecule has 0 spiro atoms. The Kier molecular flexibility index (Phi) is 4.12. The van der Waals surface area contributed by atoms with Gasteiger partial charge in [-0.1, -0.05) is 5.16 Å². The molecular formula is C15H21F2N3O3. The average Bonchev–Trinajstić information content (AvgIpc) is 2.83. The molecule has 1 unspecified atom stereocenters. The summed E-state index contributed by atoms with van der Waals surface area (Å²) in [6.45, 7) is 2.36. The molecule has 1 aromatic heterocycles. The lowest BCUT2D eigenvalue weighted by atomic mass is 9.79. The molecule has 3 rings (SSSR count). The van der Waals surface area contributed by atoms with Gasteiger partial charge in [-0.3, -0.25) is 4.79 Å². The van der Waals surface area contributed by atoms with Crippen molar-refractivity contribution in [2.45, 2.75) is 57.0 Å². The van der Waals surface area contributed by atoms with E-state index in [1.54, 1.807) is 4.90 Å². The summed E-state index contributed by atoms with van der Waals surface area (Å²) >= 11 is 0. The van der Waals surface area contributed by atoms with Crippen LogP contribution in [0.5, 0.6) is 0 Å². The topological polar surface area (TPSA) is 79.5 Å². The molecule has 1 aromatic rings. The van der Waals surface area contributed by atoms with Gasteiger partial charge in [0.1, 0.15) is 0 Å². The summed E-state index contributed by atoms with van der Waals surface area (Å²) in [6, 6.07) is 0. The highest BCUT2D eigenvalue weighted by Crippen LogP contribution is 2.43. The Morgan fingerprint density at radius 2 is 2.22 bits per heavy atom. The number of aliphatic hydroxyl groups is 1. The fourth-order valence-corrected chi connectivity index (χ4v) is 3.44. The van der Waals surface area contributed by atoms with Crippen LogP contribution >= 0.6 is 0 Å². The van der Waals surface area contributed by atoms with Crippen LogP contribution in [-0.4, -0.2) is 50.7 Å². The van der Waals surface area contributed by atoms with Gasteiger partial charge in [0.25, 0.3) is 0 Å². The van der Waals surface area contributed by atoms with Crippen molar-refractivity contribution in [3.8, 4) is 0 Å². The van der Waals surface area contributed by atoms with Gasteiger partial charge in [-0.25, -0.2) is 8.78 Å². The Balaban J connectivity index is 1.57. The number of aromatic nitrogens is 2. The maximum Gasteiger partial charge on any atom is 0.248 e. The van der Waals surface area contributed by atoms with Gasteiger partial charge in [-0.15, -0.1) is 0 Å². The molecule has 1 N–H and O–H groups in total. The standard InChI is InChI=1S/C15H21F2N3O3/c1-10(21)20-4-2-3-14(22,9-20)8-13-18-12(19-23-13)5-11-6-15(16,17)7-11/h11,22H,2-9H2,1H3. The molecule has 1 aliphatic heterocycles. The van der Waals surface area contributed by atoms with E-state index >= 15 is 0 Å². The van der Waals surface area contributed by atoms with Gasteiger partial charge in [-0.2, -0.15) is 4.98 Å². The Bertz CT molecular complexity index is 584. The SMILES string of the molecule is CC(=O)N1CCCC(O)(Cc2nc(CC3CC(F)(F)C3)no2)C1. The maximum absolute atomic E-state index is 12.8. The Morgan fingerprint density at radius 3 is 2.87 bits per heavy atom. The van der Waals surface area contributed by atoms with Crippen LogP contribution in [0.4, 0.5) is 8.78 Å². The van der Waals surface area contributed by atoms with Gasteiger partial charge in [0.15, 0.2) is 5.82 Å². The Labute approximate surface area is 132 Å². The molecule has 2 aliphatic rings. The Morgan fingerprint density at radius 1 is 1.48 bits per heavy atom. The number of likely N-dealkylation sites (tertiary alicyclic amines) is 1. The molecule has 1 amide bonds. The molecule has 0 bridgehead atoms.